The van der Waals surface area contributed by atoms with E-state index in [0.717, 1.165) is 6.42 Å². The number of hydrogen-bond acceptors (Lipinski definition) is 0. The van der Waals surface area contributed by atoms with Gasteiger partial charge in [-0.15, -0.1) is 0 Å². The molecule has 0 amide bonds. The second kappa shape index (κ2) is 3.91. The van der Waals surface area contributed by atoms with Crippen LogP contribution in [-0.4, -0.2) is 9.97 Å². The molecule has 2 nitrogen and oxygen atoms in total. The van der Waals surface area contributed by atoms with Gasteiger partial charge in [-0.3, -0.25) is 0 Å². The number of rotatable bonds is 2. The summed E-state index contributed by atoms with van der Waals surface area (Å²) in [5.41, 5.74) is 9.41. The second-order valence-corrected chi connectivity index (χ2v) is 5.56. The third-order valence-corrected chi connectivity index (χ3v) is 3.87. The van der Waals surface area contributed by atoms with Gasteiger partial charge < -0.3 is 9.97 Å². The molecule has 2 N–H and O–H groups in total. The molecule has 0 radical (unpaired) electrons. The summed E-state index contributed by atoms with van der Waals surface area (Å²) in [4.78, 5) is 6.94. The molecular formula is C16H20N2. The van der Waals surface area contributed by atoms with Crippen molar-refractivity contribution in [2.75, 3.05) is 0 Å². The van der Waals surface area contributed by atoms with Crippen LogP contribution in [-0.2, 0) is 0 Å². The third-order valence-electron chi connectivity index (χ3n) is 3.87. The van der Waals surface area contributed by atoms with Gasteiger partial charge in [-0.25, -0.2) is 0 Å². The number of allylic oxidation sites excluding steroid dienone is 2. The van der Waals surface area contributed by atoms with Crippen molar-refractivity contribution < 1.29 is 0 Å². The van der Waals surface area contributed by atoms with Gasteiger partial charge in [0.05, 0.1) is 0 Å². The van der Waals surface area contributed by atoms with E-state index >= 15 is 0 Å². The van der Waals surface area contributed by atoms with Crippen LogP contribution < -0.4 is 0 Å². The summed E-state index contributed by atoms with van der Waals surface area (Å²) in [7, 11) is 0. The van der Waals surface area contributed by atoms with Gasteiger partial charge in [0.15, 0.2) is 0 Å². The van der Waals surface area contributed by atoms with Crippen LogP contribution in [0.2, 0.25) is 0 Å². The number of aryl methyl sites for hydroxylation is 4. The van der Waals surface area contributed by atoms with E-state index in [-0.39, 0.29) is 0 Å². The molecule has 3 rings (SSSR count). The summed E-state index contributed by atoms with van der Waals surface area (Å²) in [6.45, 7) is 8.61. The molecule has 0 aliphatic heterocycles. The normalized spacial score (nSPS) is 18.7. The highest BCUT2D eigenvalue weighted by molar-refractivity contribution is 5.73. The van der Waals surface area contributed by atoms with Gasteiger partial charge in [-0.2, -0.15) is 0 Å². The minimum atomic E-state index is 0.566. The molecule has 1 unspecified atom stereocenters. The fourth-order valence-electron chi connectivity index (χ4n) is 3.01. The van der Waals surface area contributed by atoms with Crippen LogP contribution >= 0.6 is 0 Å². The zero-order valence-electron chi connectivity index (χ0n) is 11.5. The van der Waals surface area contributed by atoms with Crippen molar-refractivity contribution in [2.45, 2.75) is 40.0 Å². The Labute approximate surface area is 108 Å². The van der Waals surface area contributed by atoms with E-state index in [0.29, 0.717) is 5.92 Å². The lowest BCUT2D eigenvalue weighted by Gasteiger charge is -2.25. The van der Waals surface area contributed by atoms with E-state index in [1.807, 2.05) is 0 Å². The standard InChI is InChI=1S/C16H20N2/c1-9-5-11(3)17-15(9)13-7-14(8-13)16-10(2)6-12(4)18-16/h5-7,13,17-18H,8H2,1-4H3. The Balaban J connectivity index is 1.87. The summed E-state index contributed by atoms with van der Waals surface area (Å²) in [5, 5.41) is 0. The number of H-pyrrole nitrogens is 2. The van der Waals surface area contributed by atoms with Gasteiger partial charge in [-0.1, -0.05) is 6.08 Å². The molecule has 0 aromatic carbocycles. The summed E-state index contributed by atoms with van der Waals surface area (Å²) in [6, 6.07) is 4.44. The first-order valence-corrected chi connectivity index (χ1v) is 6.58. The lowest BCUT2D eigenvalue weighted by molar-refractivity contribution is 0.776. The van der Waals surface area contributed by atoms with Crippen molar-refractivity contribution >= 4 is 5.57 Å². The van der Waals surface area contributed by atoms with Crippen LogP contribution in [0.25, 0.3) is 5.57 Å². The summed E-state index contributed by atoms with van der Waals surface area (Å²) < 4.78 is 0. The Kier molecular flexibility index (Phi) is 2.47. The fraction of sp³-hybridized carbons (Fsp3) is 0.375. The van der Waals surface area contributed by atoms with Crippen molar-refractivity contribution in [3.63, 3.8) is 0 Å². The van der Waals surface area contributed by atoms with E-state index in [1.165, 1.54) is 39.5 Å². The van der Waals surface area contributed by atoms with E-state index in [2.05, 4.69) is 55.9 Å². The molecule has 2 heteroatoms. The Morgan fingerprint density at radius 1 is 0.944 bits per heavy atom. The summed E-state index contributed by atoms with van der Waals surface area (Å²) in [5.74, 6) is 0.566. The smallest absolute Gasteiger partial charge is 0.0442 e. The Hall–Kier alpha value is -1.70. The average Bonchev–Trinajstić information content (AvgIpc) is 2.69. The van der Waals surface area contributed by atoms with Gasteiger partial charge in [0.2, 0.25) is 0 Å². The molecule has 1 aliphatic rings. The van der Waals surface area contributed by atoms with E-state index < -0.39 is 0 Å². The van der Waals surface area contributed by atoms with Crippen LogP contribution in [0.1, 0.15) is 46.2 Å². The second-order valence-electron chi connectivity index (χ2n) is 5.56. The molecule has 1 aliphatic carbocycles. The predicted molar refractivity (Wildman–Crippen MR) is 75.9 cm³/mol. The Bertz CT molecular complexity index is 626. The van der Waals surface area contributed by atoms with Crippen LogP contribution in [0.5, 0.6) is 0 Å². The molecule has 94 valence electrons. The first-order valence-electron chi connectivity index (χ1n) is 6.58. The van der Waals surface area contributed by atoms with E-state index in [4.69, 9.17) is 0 Å². The van der Waals surface area contributed by atoms with E-state index in [1.54, 1.807) is 0 Å². The number of nitrogens with one attached hydrogen (secondary N) is 2. The lowest BCUT2D eigenvalue weighted by atomic mass is 9.81. The quantitative estimate of drug-likeness (QED) is 0.790. The highest BCUT2D eigenvalue weighted by atomic mass is 14.8. The van der Waals surface area contributed by atoms with Crippen molar-refractivity contribution in [3.05, 3.63) is 52.1 Å². The molecule has 18 heavy (non-hydrogen) atoms. The highest BCUT2D eigenvalue weighted by Gasteiger charge is 2.26. The molecule has 0 saturated heterocycles. The minimum Gasteiger partial charge on any atom is -0.362 e. The molecular weight excluding hydrogens is 220 g/mol. The number of aromatic nitrogens is 2. The Morgan fingerprint density at radius 2 is 1.56 bits per heavy atom. The largest absolute Gasteiger partial charge is 0.362 e. The molecule has 2 aromatic heterocycles. The van der Waals surface area contributed by atoms with Gasteiger partial charge in [0, 0.05) is 28.7 Å². The van der Waals surface area contributed by atoms with Crippen LogP contribution in [0.4, 0.5) is 0 Å². The van der Waals surface area contributed by atoms with Crippen molar-refractivity contribution in [3.8, 4) is 0 Å². The van der Waals surface area contributed by atoms with Gasteiger partial charge >= 0.3 is 0 Å². The fourth-order valence-corrected chi connectivity index (χ4v) is 3.01. The molecule has 0 spiro atoms. The molecule has 0 fully saturated rings. The maximum atomic E-state index is 3.48. The third kappa shape index (κ3) is 1.72. The molecule has 2 aromatic rings. The van der Waals surface area contributed by atoms with Gasteiger partial charge in [0.1, 0.15) is 0 Å². The van der Waals surface area contributed by atoms with Crippen molar-refractivity contribution in [1.82, 2.24) is 9.97 Å². The van der Waals surface area contributed by atoms with Crippen molar-refractivity contribution in [1.29, 1.82) is 0 Å². The number of aromatic amines is 2. The summed E-state index contributed by atoms with van der Waals surface area (Å²) >= 11 is 0. The Morgan fingerprint density at radius 3 is 2.06 bits per heavy atom. The van der Waals surface area contributed by atoms with Crippen LogP contribution in [0.15, 0.2) is 18.2 Å². The molecule has 1 atom stereocenters. The maximum absolute atomic E-state index is 3.48. The molecule has 2 heterocycles. The molecule has 0 bridgehead atoms. The zero-order valence-corrected chi connectivity index (χ0v) is 11.5. The first-order chi connectivity index (χ1) is 8.54. The van der Waals surface area contributed by atoms with Crippen LogP contribution in [0, 0.1) is 27.7 Å². The lowest BCUT2D eigenvalue weighted by Crippen LogP contribution is -2.10. The first kappa shape index (κ1) is 11.4. The predicted octanol–water partition coefficient (Wildman–Crippen LogP) is 4.15. The van der Waals surface area contributed by atoms with Crippen molar-refractivity contribution in [2.24, 2.45) is 0 Å². The minimum absolute atomic E-state index is 0.566. The monoisotopic (exact) mass is 240 g/mol. The van der Waals surface area contributed by atoms with Crippen LogP contribution in [0.3, 0.4) is 0 Å². The van der Waals surface area contributed by atoms with Gasteiger partial charge in [-0.05, 0) is 62.9 Å². The average molecular weight is 240 g/mol. The maximum Gasteiger partial charge on any atom is 0.0442 e. The molecule has 0 saturated carbocycles. The topological polar surface area (TPSA) is 31.6 Å². The highest BCUT2D eigenvalue weighted by Crippen LogP contribution is 2.42. The van der Waals surface area contributed by atoms with E-state index in [9.17, 15) is 0 Å². The SMILES string of the molecule is Cc1cc(C)c(C2=CC(c3[nH]c(C)cc3C)C2)[nH]1. The van der Waals surface area contributed by atoms with Gasteiger partial charge in [0.25, 0.3) is 0 Å². The number of hydrogen-bond donors (Lipinski definition) is 2. The summed E-state index contributed by atoms with van der Waals surface area (Å²) in [6.07, 6.45) is 3.53. The zero-order chi connectivity index (χ0) is 12.9.